The van der Waals surface area contributed by atoms with E-state index in [-0.39, 0.29) is 5.97 Å². The maximum atomic E-state index is 11.4. The van der Waals surface area contributed by atoms with Crippen molar-refractivity contribution in [3.8, 4) is 0 Å². The Morgan fingerprint density at radius 2 is 2.29 bits per heavy atom. The fourth-order valence-corrected chi connectivity index (χ4v) is 1.49. The molecule has 3 nitrogen and oxygen atoms in total. The van der Waals surface area contributed by atoms with E-state index in [1.807, 2.05) is 0 Å². The molecule has 0 radical (unpaired) electrons. The van der Waals surface area contributed by atoms with E-state index in [2.05, 4.69) is 45.1 Å². The van der Waals surface area contributed by atoms with E-state index in [0.717, 1.165) is 8.91 Å². The first-order valence-corrected chi connectivity index (χ1v) is 6.61. The van der Waals surface area contributed by atoms with Gasteiger partial charge < -0.3 is 9.47 Å². The van der Waals surface area contributed by atoms with Crippen molar-refractivity contribution in [2.24, 2.45) is 0 Å². The van der Waals surface area contributed by atoms with Gasteiger partial charge in [-0.2, -0.15) is 0 Å². The van der Waals surface area contributed by atoms with Gasteiger partial charge in [0.25, 0.3) is 0 Å². The molecule has 0 amide bonds. The Kier molecular flexibility index (Phi) is 8.90. The summed E-state index contributed by atoms with van der Waals surface area (Å²) in [5.41, 5.74) is 0. The Labute approximate surface area is 106 Å². The van der Waals surface area contributed by atoms with Crippen molar-refractivity contribution < 1.29 is 14.3 Å². The smallest absolute Gasteiger partial charge is 0.335 e. The van der Waals surface area contributed by atoms with E-state index in [1.54, 1.807) is 6.92 Å². The summed E-state index contributed by atoms with van der Waals surface area (Å²) in [6.07, 6.45) is 0.195. The predicted molar refractivity (Wildman–Crippen MR) is 67.9 cm³/mol. The first-order valence-electron chi connectivity index (χ1n) is 4.29. The molecular formula is C9H14BrIO3. The summed E-state index contributed by atoms with van der Waals surface area (Å²) in [6.45, 7) is 6.13. The summed E-state index contributed by atoms with van der Waals surface area (Å²) in [7, 11) is 0. The quantitative estimate of drug-likeness (QED) is 0.389. The number of alkyl halides is 1. The van der Waals surface area contributed by atoms with Crippen LogP contribution in [0, 0.1) is 0 Å². The molecule has 0 N–H and O–H groups in total. The molecule has 0 spiro atoms. The van der Waals surface area contributed by atoms with Crippen molar-refractivity contribution in [2.45, 2.75) is 19.4 Å². The minimum atomic E-state index is -0.471. The second-order valence-corrected chi connectivity index (χ2v) is 4.75. The van der Waals surface area contributed by atoms with Gasteiger partial charge in [0.15, 0.2) is 6.10 Å². The average Bonchev–Trinajstić information content (AvgIpc) is 2.12. The highest BCUT2D eigenvalue weighted by molar-refractivity contribution is 14.1. The number of ether oxygens (including phenoxy) is 2. The fourth-order valence-electron chi connectivity index (χ4n) is 0.795. The van der Waals surface area contributed by atoms with Gasteiger partial charge in [-0.3, -0.25) is 0 Å². The lowest BCUT2D eigenvalue weighted by Gasteiger charge is -2.14. The van der Waals surface area contributed by atoms with Gasteiger partial charge in [-0.05, 0) is 13.3 Å². The summed E-state index contributed by atoms with van der Waals surface area (Å²) >= 11 is 5.37. The molecule has 1 unspecified atom stereocenters. The van der Waals surface area contributed by atoms with E-state index >= 15 is 0 Å². The van der Waals surface area contributed by atoms with Crippen molar-refractivity contribution in [3.05, 3.63) is 11.1 Å². The Bertz CT molecular complexity index is 196. The number of hydrogen-bond acceptors (Lipinski definition) is 3. The number of esters is 1. The van der Waals surface area contributed by atoms with Crippen molar-refractivity contribution >= 4 is 44.5 Å². The van der Waals surface area contributed by atoms with E-state index in [4.69, 9.17) is 9.47 Å². The summed E-state index contributed by atoms with van der Waals surface area (Å²) in [5.74, 6) is -0.294. The van der Waals surface area contributed by atoms with Gasteiger partial charge in [-0.25, -0.2) is 4.79 Å². The zero-order valence-corrected chi connectivity index (χ0v) is 11.8. The van der Waals surface area contributed by atoms with Crippen LogP contribution < -0.4 is 0 Å². The standard InChI is InChI=1S/C9H14BrIO3/c1-3-13-9(12)8(4-5-11)14-6-7(2)10/h8H,2-6H2,1H3. The number of halogens is 2. The second kappa shape index (κ2) is 8.67. The van der Waals surface area contributed by atoms with Crippen LogP contribution in [0.2, 0.25) is 0 Å². The van der Waals surface area contributed by atoms with E-state index < -0.39 is 6.10 Å². The number of carbonyl (C=O) groups is 1. The maximum Gasteiger partial charge on any atom is 0.335 e. The summed E-state index contributed by atoms with van der Waals surface area (Å²) in [5, 5.41) is 0. The predicted octanol–water partition coefficient (Wildman–Crippen LogP) is 2.67. The summed E-state index contributed by atoms with van der Waals surface area (Å²) in [6, 6.07) is 0. The molecule has 14 heavy (non-hydrogen) atoms. The molecule has 0 aromatic carbocycles. The lowest BCUT2D eigenvalue weighted by atomic mass is 10.3. The van der Waals surface area contributed by atoms with Gasteiger partial charge in [0.2, 0.25) is 0 Å². The Morgan fingerprint density at radius 3 is 2.71 bits per heavy atom. The monoisotopic (exact) mass is 376 g/mol. The van der Waals surface area contributed by atoms with Crippen LogP contribution in [-0.4, -0.2) is 29.7 Å². The second-order valence-electron chi connectivity index (χ2n) is 2.55. The van der Waals surface area contributed by atoms with E-state index in [1.165, 1.54) is 0 Å². The molecule has 5 heteroatoms. The van der Waals surface area contributed by atoms with E-state index in [9.17, 15) is 4.79 Å². The maximum absolute atomic E-state index is 11.4. The minimum absolute atomic E-state index is 0.294. The molecular weight excluding hydrogens is 363 g/mol. The van der Waals surface area contributed by atoms with Gasteiger partial charge >= 0.3 is 5.97 Å². The largest absolute Gasteiger partial charge is 0.464 e. The average molecular weight is 377 g/mol. The number of rotatable bonds is 7. The molecule has 0 fully saturated rings. The van der Waals surface area contributed by atoms with Crippen LogP contribution in [0.25, 0.3) is 0 Å². The van der Waals surface area contributed by atoms with Gasteiger partial charge in [-0.1, -0.05) is 45.1 Å². The molecule has 0 heterocycles. The van der Waals surface area contributed by atoms with Crippen LogP contribution >= 0.6 is 38.5 Å². The molecule has 0 bridgehead atoms. The van der Waals surface area contributed by atoms with Gasteiger partial charge in [0.05, 0.1) is 13.2 Å². The normalized spacial score (nSPS) is 12.2. The minimum Gasteiger partial charge on any atom is -0.464 e. The van der Waals surface area contributed by atoms with Crippen molar-refractivity contribution in [3.63, 3.8) is 0 Å². The summed E-state index contributed by atoms with van der Waals surface area (Å²) in [4.78, 5) is 11.4. The van der Waals surface area contributed by atoms with Crippen LogP contribution in [0.15, 0.2) is 11.1 Å². The molecule has 0 saturated heterocycles. The molecule has 1 atom stereocenters. The first-order chi connectivity index (χ1) is 6.61. The van der Waals surface area contributed by atoms with Gasteiger partial charge in [0.1, 0.15) is 0 Å². The highest BCUT2D eigenvalue weighted by atomic mass is 127. The first kappa shape index (κ1) is 14.4. The lowest BCUT2D eigenvalue weighted by molar-refractivity contribution is -0.156. The van der Waals surface area contributed by atoms with Crippen LogP contribution in [-0.2, 0) is 14.3 Å². The van der Waals surface area contributed by atoms with Gasteiger partial charge in [0, 0.05) is 8.91 Å². The molecule has 0 aliphatic rings. The molecule has 0 aliphatic carbocycles. The van der Waals surface area contributed by atoms with Crippen molar-refractivity contribution in [1.29, 1.82) is 0 Å². The van der Waals surface area contributed by atoms with Crippen LogP contribution in [0.1, 0.15) is 13.3 Å². The van der Waals surface area contributed by atoms with Crippen LogP contribution in [0.3, 0.4) is 0 Å². The lowest BCUT2D eigenvalue weighted by Crippen LogP contribution is -2.27. The molecule has 0 aliphatic heterocycles. The van der Waals surface area contributed by atoms with Crippen LogP contribution in [0.5, 0.6) is 0 Å². The Balaban J connectivity index is 3.99. The topological polar surface area (TPSA) is 35.5 Å². The molecule has 82 valence electrons. The van der Waals surface area contributed by atoms with Crippen LogP contribution in [0.4, 0.5) is 0 Å². The third-order valence-electron chi connectivity index (χ3n) is 1.36. The van der Waals surface area contributed by atoms with Crippen molar-refractivity contribution in [1.82, 2.24) is 0 Å². The third kappa shape index (κ3) is 6.78. The Hall–Kier alpha value is 0.380. The zero-order valence-electron chi connectivity index (χ0n) is 8.09. The molecule has 0 aromatic heterocycles. The SMILES string of the molecule is C=C(Br)COC(CCI)C(=O)OCC. The van der Waals surface area contributed by atoms with Crippen molar-refractivity contribution in [2.75, 3.05) is 17.6 Å². The zero-order chi connectivity index (χ0) is 11.0. The molecule has 0 saturated carbocycles. The highest BCUT2D eigenvalue weighted by Gasteiger charge is 2.19. The summed E-state index contributed by atoms with van der Waals surface area (Å²) < 4.78 is 11.8. The third-order valence-corrected chi connectivity index (χ3v) is 2.21. The number of hydrogen-bond donors (Lipinski definition) is 0. The number of carbonyl (C=O) groups excluding carboxylic acids is 1. The highest BCUT2D eigenvalue weighted by Crippen LogP contribution is 2.09. The molecule has 0 aromatic rings. The molecule has 0 rings (SSSR count). The van der Waals surface area contributed by atoms with Gasteiger partial charge in [-0.15, -0.1) is 0 Å². The van der Waals surface area contributed by atoms with E-state index in [0.29, 0.717) is 19.6 Å². The fraction of sp³-hybridized carbons (Fsp3) is 0.667. The Morgan fingerprint density at radius 1 is 1.64 bits per heavy atom.